The van der Waals surface area contributed by atoms with Gasteiger partial charge in [0.2, 0.25) is 11.8 Å². The lowest BCUT2D eigenvalue weighted by molar-refractivity contribution is -0.140. The Bertz CT molecular complexity index is 1270. The fourth-order valence-electron chi connectivity index (χ4n) is 10.1. The molecule has 2 fully saturated rings. The molecule has 232 valence electrons. The van der Waals surface area contributed by atoms with Gasteiger partial charge in [-0.1, -0.05) is 79.5 Å². The van der Waals surface area contributed by atoms with Crippen LogP contribution in [0.15, 0.2) is 16.2 Å². The highest BCUT2D eigenvalue weighted by Gasteiger charge is 2.71. The van der Waals surface area contributed by atoms with Gasteiger partial charge in [-0.25, -0.2) is 5.01 Å². The van der Waals surface area contributed by atoms with Gasteiger partial charge in [0.05, 0.1) is 0 Å². The maximum absolute atomic E-state index is 14.8. The molecule has 8 heteroatoms. The number of carbonyl (C=O) groups excluding carboxylic acids is 4. The summed E-state index contributed by atoms with van der Waals surface area (Å²) in [6.45, 7) is 18.8. The SMILES string of the molecule is CC(=O)NC1=NN(C(C)=O)C2(C[C@H]3[C@H](C)C(=O)CC[C@]3(C)C3=C2[C@]2(C)CC[C@H]([C@H](C)CCCC(C)C)[C@@]2(C)CC3=O)S1. The third-order valence-corrected chi connectivity index (χ3v) is 13.7. The fraction of sp³-hybridized carbons (Fsp3) is 0.794. The van der Waals surface area contributed by atoms with Gasteiger partial charge in [0.1, 0.15) is 10.7 Å². The van der Waals surface area contributed by atoms with Crippen molar-refractivity contribution >= 4 is 40.3 Å². The number of ketones is 2. The third kappa shape index (κ3) is 4.47. The van der Waals surface area contributed by atoms with E-state index in [9.17, 15) is 19.2 Å². The first-order chi connectivity index (χ1) is 19.5. The zero-order valence-electron chi connectivity index (χ0n) is 27.2. The molecule has 5 rings (SSSR count). The number of nitrogens with zero attached hydrogens (tertiary/aromatic N) is 2. The van der Waals surface area contributed by atoms with Crippen molar-refractivity contribution in [1.82, 2.24) is 10.3 Å². The molecule has 5 aliphatic rings. The molecule has 8 atom stereocenters. The van der Waals surface area contributed by atoms with E-state index in [-0.39, 0.29) is 46.0 Å². The number of hydrazone groups is 1. The summed E-state index contributed by atoms with van der Waals surface area (Å²) < 4.78 is 0. The Balaban J connectivity index is 1.70. The Kier molecular flexibility index (Phi) is 7.93. The van der Waals surface area contributed by atoms with Gasteiger partial charge < -0.3 is 5.32 Å². The summed E-state index contributed by atoms with van der Waals surface area (Å²) in [5, 5.41) is 9.51. The predicted octanol–water partition coefficient (Wildman–Crippen LogP) is 6.86. The van der Waals surface area contributed by atoms with Crippen LogP contribution in [0.4, 0.5) is 0 Å². The third-order valence-electron chi connectivity index (χ3n) is 12.4. The van der Waals surface area contributed by atoms with E-state index in [1.807, 2.05) is 6.92 Å². The van der Waals surface area contributed by atoms with Crippen molar-refractivity contribution in [2.75, 3.05) is 0 Å². The number of amides is 2. The summed E-state index contributed by atoms with van der Waals surface area (Å²) in [7, 11) is 0. The Morgan fingerprint density at radius 2 is 1.79 bits per heavy atom. The number of carbonyl (C=O) groups is 4. The van der Waals surface area contributed by atoms with Crippen LogP contribution >= 0.6 is 11.8 Å². The first-order valence-electron chi connectivity index (χ1n) is 16.2. The first kappa shape index (κ1) is 31.5. The number of nitrogens with one attached hydrogen (secondary N) is 1. The molecule has 2 amide bonds. The van der Waals surface area contributed by atoms with Gasteiger partial charge >= 0.3 is 0 Å². The van der Waals surface area contributed by atoms with Crippen LogP contribution in [-0.4, -0.2) is 38.4 Å². The van der Waals surface area contributed by atoms with Crippen molar-refractivity contribution in [3.63, 3.8) is 0 Å². The van der Waals surface area contributed by atoms with Crippen LogP contribution in [0.1, 0.15) is 120 Å². The van der Waals surface area contributed by atoms with Gasteiger partial charge in [-0.3, -0.25) is 19.2 Å². The molecule has 4 aliphatic carbocycles. The molecule has 1 aliphatic heterocycles. The molecule has 0 radical (unpaired) electrons. The van der Waals surface area contributed by atoms with Crippen LogP contribution in [0.2, 0.25) is 0 Å². The maximum atomic E-state index is 14.8. The molecule has 1 N–H and O–H groups in total. The molecule has 7 nitrogen and oxygen atoms in total. The molecule has 42 heavy (non-hydrogen) atoms. The van der Waals surface area contributed by atoms with Crippen LogP contribution in [-0.2, 0) is 19.2 Å². The molecule has 0 aromatic carbocycles. The molecule has 0 aromatic heterocycles. The maximum Gasteiger partial charge on any atom is 0.241 e. The van der Waals surface area contributed by atoms with E-state index in [0.717, 1.165) is 30.4 Å². The smallest absolute Gasteiger partial charge is 0.241 e. The Morgan fingerprint density at radius 1 is 1.10 bits per heavy atom. The predicted molar refractivity (Wildman–Crippen MR) is 167 cm³/mol. The highest BCUT2D eigenvalue weighted by Crippen LogP contribution is 2.75. The van der Waals surface area contributed by atoms with Crippen molar-refractivity contribution in [3.05, 3.63) is 11.1 Å². The summed E-state index contributed by atoms with van der Waals surface area (Å²) in [5.74, 6) is 1.22. The van der Waals surface area contributed by atoms with E-state index < -0.39 is 10.3 Å². The molecular weight excluding hydrogens is 546 g/mol. The van der Waals surface area contributed by atoms with Gasteiger partial charge in [-0.15, -0.1) is 5.10 Å². The first-order valence-corrected chi connectivity index (χ1v) is 17.0. The van der Waals surface area contributed by atoms with Gasteiger partial charge in [-0.2, -0.15) is 0 Å². The average molecular weight is 598 g/mol. The van der Waals surface area contributed by atoms with Crippen LogP contribution in [0, 0.1) is 45.8 Å². The van der Waals surface area contributed by atoms with Crippen LogP contribution in [0.25, 0.3) is 0 Å². The van der Waals surface area contributed by atoms with Crippen LogP contribution in [0.5, 0.6) is 0 Å². The summed E-state index contributed by atoms with van der Waals surface area (Å²) in [4.78, 5) is 52.5. The monoisotopic (exact) mass is 597 g/mol. The standard InChI is InChI=1S/C34H51N3O4S/c1-19(2)11-10-12-20(3)24-13-16-32(8)29-28(27(41)18-33(24,32)9)31(7)15-14-26(40)21(4)25(31)17-34(29)37(23(6)39)36-30(42-34)35-22(5)38/h19-21,24-25H,10-18H2,1-9H3,(H,35,36,38)/t20-,21+,24-,25+,31+,32+,33-,34?/m1/s1. The molecule has 0 saturated heterocycles. The number of thioether (sulfide) groups is 1. The molecule has 2 saturated carbocycles. The molecule has 1 spiro atoms. The van der Waals surface area contributed by atoms with Crippen molar-refractivity contribution in [2.45, 2.75) is 125 Å². The number of rotatable bonds is 5. The van der Waals surface area contributed by atoms with Crippen molar-refractivity contribution in [1.29, 1.82) is 0 Å². The van der Waals surface area contributed by atoms with E-state index in [1.54, 1.807) is 5.01 Å². The van der Waals surface area contributed by atoms with Crippen molar-refractivity contribution < 1.29 is 19.2 Å². The number of fused-ring (bicyclic) bond motifs is 5. The normalized spacial score (nSPS) is 40.2. The highest BCUT2D eigenvalue weighted by atomic mass is 32.2. The largest absolute Gasteiger partial charge is 0.304 e. The number of hydrogen-bond donors (Lipinski definition) is 1. The van der Waals surface area contributed by atoms with Crippen molar-refractivity contribution in [3.8, 4) is 0 Å². The molecule has 0 aromatic rings. The summed E-state index contributed by atoms with van der Waals surface area (Å²) in [6, 6.07) is 0. The minimum Gasteiger partial charge on any atom is -0.304 e. The lowest BCUT2D eigenvalue weighted by Crippen LogP contribution is -2.63. The van der Waals surface area contributed by atoms with Gasteiger partial charge in [0.15, 0.2) is 11.0 Å². The summed E-state index contributed by atoms with van der Waals surface area (Å²) >= 11 is 1.42. The highest BCUT2D eigenvalue weighted by molar-refractivity contribution is 8.15. The van der Waals surface area contributed by atoms with E-state index in [0.29, 0.717) is 48.6 Å². The summed E-state index contributed by atoms with van der Waals surface area (Å²) in [5.41, 5.74) is 0.912. The fourth-order valence-corrected chi connectivity index (χ4v) is 11.7. The van der Waals surface area contributed by atoms with Crippen LogP contribution in [0.3, 0.4) is 0 Å². The minimum absolute atomic E-state index is 0.0946. The summed E-state index contributed by atoms with van der Waals surface area (Å²) in [6.07, 6.45) is 7.76. The lowest BCUT2D eigenvalue weighted by atomic mass is 9.44. The zero-order chi connectivity index (χ0) is 31.0. The Hall–Kier alpha value is -1.96. The Labute approximate surface area is 256 Å². The van der Waals surface area contributed by atoms with Crippen LogP contribution < -0.4 is 5.32 Å². The topological polar surface area (TPSA) is 95.9 Å². The van der Waals surface area contributed by atoms with Gasteiger partial charge in [0, 0.05) is 43.6 Å². The van der Waals surface area contributed by atoms with E-state index in [1.165, 1.54) is 38.5 Å². The van der Waals surface area contributed by atoms with Gasteiger partial charge in [-0.05, 0) is 65.8 Å². The molecule has 0 bridgehead atoms. The number of hydrogen-bond acceptors (Lipinski definition) is 6. The number of amidine groups is 1. The number of allylic oxidation sites excluding steroid dienone is 1. The van der Waals surface area contributed by atoms with E-state index in [2.05, 4.69) is 46.9 Å². The van der Waals surface area contributed by atoms with Crippen molar-refractivity contribution in [2.24, 2.45) is 50.9 Å². The second kappa shape index (κ2) is 10.6. The molecule has 1 heterocycles. The van der Waals surface area contributed by atoms with Gasteiger partial charge in [0.25, 0.3) is 0 Å². The second-order valence-electron chi connectivity index (χ2n) is 15.3. The second-order valence-corrected chi connectivity index (χ2v) is 16.6. The average Bonchev–Trinajstić information content (AvgIpc) is 3.36. The van der Waals surface area contributed by atoms with E-state index >= 15 is 0 Å². The molecular formula is C34H51N3O4S. The Morgan fingerprint density at radius 3 is 2.40 bits per heavy atom. The minimum atomic E-state index is -0.948. The number of Topliss-reactive ketones (excluding diaryl/α,β-unsaturated/α-hetero) is 2. The lowest BCUT2D eigenvalue weighted by Gasteiger charge is -2.63. The zero-order valence-corrected chi connectivity index (χ0v) is 28.0. The molecule has 1 unspecified atom stereocenters. The van der Waals surface area contributed by atoms with E-state index in [4.69, 9.17) is 5.10 Å². The quantitative estimate of drug-likeness (QED) is 0.373.